The van der Waals surface area contributed by atoms with Gasteiger partial charge in [0.2, 0.25) is 0 Å². The van der Waals surface area contributed by atoms with E-state index in [1.165, 1.54) is 0 Å². The summed E-state index contributed by atoms with van der Waals surface area (Å²) < 4.78 is 0. The van der Waals surface area contributed by atoms with Gasteiger partial charge in [-0.15, -0.1) is 50.4 Å². The van der Waals surface area contributed by atoms with E-state index >= 15 is 0 Å². The molecule has 0 aliphatic carbocycles. The maximum atomic E-state index is 3.00. The molecule has 1 radical (unpaired) electrons. The standard InChI is InChI=1S/C2H4.3ClH.Na/c1-2;;;;/h1-2H2;3*1H;. The summed E-state index contributed by atoms with van der Waals surface area (Å²) in [4.78, 5) is 0. The van der Waals surface area contributed by atoms with Crippen LogP contribution in [0.3, 0.4) is 0 Å². The molecule has 0 heterocycles. The molecular formula is C2H7Cl3Na. The van der Waals surface area contributed by atoms with Gasteiger partial charge in [-0.2, -0.15) is 0 Å². The molecule has 0 spiro atoms. The molecule has 0 unspecified atom stereocenters. The molecule has 0 aromatic heterocycles. The van der Waals surface area contributed by atoms with Gasteiger partial charge in [0.1, 0.15) is 0 Å². The van der Waals surface area contributed by atoms with Crippen LogP contribution in [0.5, 0.6) is 0 Å². The van der Waals surface area contributed by atoms with Gasteiger partial charge in [0.25, 0.3) is 0 Å². The van der Waals surface area contributed by atoms with Crippen molar-refractivity contribution in [1.29, 1.82) is 0 Å². The molecule has 0 amide bonds. The SMILES string of the molecule is C=C.Cl.Cl.Cl.[Na]. The van der Waals surface area contributed by atoms with Crippen LogP contribution >= 0.6 is 37.2 Å². The molecule has 0 aromatic carbocycles. The Morgan fingerprint density at radius 3 is 0.667 bits per heavy atom. The second kappa shape index (κ2) is 80.3. The third-order valence-electron chi connectivity index (χ3n) is 0. The second-order valence-electron chi connectivity index (χ2n) is 0. The first-order valence-electron chi connectivity index (χ1n) is 0.500. The zero-order valence-electron chi connectivity index (χ0n) is 3.64. The molecule has 6 heavy (non-hydrogen) atoms. The van der Waals surface area contributed by atoms with Crippen LogP contribution in [0.2, 0.25) is 0 Å². The Balaban J connectivity index is -0.000000000833. The van der Waals surface area contributed by atoms with Gasteiger partial charge in [0, 0.05) is 29.6 Å². The van der Waals surface area contributed by atoms with Gasteiger partial charge in [0.15, 0.2) is 0 Å². The van der Waals surface area contributed by atoms with Crippen LogP contribution in [-0.2, 0) is 0 Å². The van der Waals surface area contributed by atoms with Crippen LogP contribution in [0.4, 0.5) is 0 Å². The van der Waals surface area contributed by atoms with Crippen LogP contribution in [0.1, 0.15) is 0 Å². The van der Waals surface area contributed by atoms with Gasteiger partial charge in [-0.05, 0) is 0 Å². The van der Waals surface area contributed by atoms with Crippen molar-refractivity contribution in [2.24, 2.45) is 0 Å². The van der Waals surface area contributed by atoms with Crippen molar-refractivity contribution in [3.63, 3.8) is 0 Å². The summed E-state index contributed by atoms with van der Waals surface area (Å²) in [5, 5.41) is 0. The number of rotatable bonds is 0. The average molecular weight is 160 g/mol. The van der Waals surface area contributed by atoms with Crippen LogP contribution in [0.25, 0.3) is 0 Å². The van der Waals surface area contributed by atoms with E-state index < -0.39 is 0 Å². The van der Waals surface area contributed by atoms with E-state index in [4.69, 9.17) is 0 Å². The molecule has 0 aromatic rings. The molecule has 0 N–H and O–H groups in total. The quantitative estimate of drug-likeness (QED) is 0.374. The average Bonchev–Trinajstić information content (AvgIpc) is 1.00. The smallest absolute Gasteiger partial charge is 0 e. The molecule has 0 saturated heterocycles. The first-order valence-corrected chi connectivity index (χ1v) is 0.500. The van der Waals surface area contributed by atoms with E-state index in [1.807, 2.05) is 0 Å². The van der Waals surface area contributed by atoms with Gasteiger partial charge in [-0.1, -0.05) is 0 Å². The van der Waals surface area contributed by atoms with Gasteiger partial charge in [-0.3, -0.25) is 0 Å². The Bertz CT molecular complexity index is 8.75. The molecule has 37 valence electrons. The van der Waals surface area contributed by atoms with E-state index in [0.717, 1.165) is 0 Å². The van der Waals surface area contributed by atoms with E-state index in [2.05, 4.69) is 13.2 Å². The second-order valence-corrected chi connectivity index (χ2v) is 0. The minimum atomic E-state index is 0. The van der Waals surface area contributed by atoms with E-state index in [0.29, 0.717) is 0 Å². The molecule has 0 aliphatic rings. The van der Waals surface area contributed by atoms with Crippen molar-refractivity contribution < 1.29 is 0 Å². The number of hydrogen-bond acceptors (Lipinski definition) is 0. The van der Waals surface area contributed by atoms with Crippen LogP contribution < -0.4 is 0 Å². The zero-order valence-corrected chi connectivity index (χ0v) is 8.09. The van der Waals surface area contributed by atoms with Gasteiger partial charge in [0.05, 0.1) is 0 Å². The van der Waals surface area contributed by atoms with Crippen molar-refractivity contribution in [3.8, 4) is 0 Å². The Morgan fingerprint density at radius 2 is 0.667 bits per heavy atom. The van der Waals surface area contributed by atoms with Crippen molar-refractivity contribution in [2.45, 2.75) is 0 Å². The molecule has 0 aliphatic heterocycles. The van der Waals surface area contributed by atoms with E-state index in [1.54, 1.807) is 0 Å². The Hall–Kier alpha value is 1.61. The fourth-order valence-electron chi connectivity index (χ4n) is 0. The third kappa shape index (κ3) is 46.0. The number of halogens is 3. The van der Waals surface area contributed by atoms with Gasteiger partial charge >= 0.3 is 0 Å². The maximum absolute atomic E-state index is 3.00. The topological polar surface area (TPSA) is 0 Å². The Labute approximate surface area is 79.3 Å². The van der Waals surface area contributed by atoms with E-state index in [-0.39, 0.29) is 66.8 Å². The predicted molar refractivity (Wildman–Crippen MR) is 38.8 cm³/mol. The van der Waals surface area contributed by atoms with Crippen molar-refractivity contribution in [2.75, 3.05) is 0 Å². The predicted octanol–water partition coefficient (Wildman–Crippen LogP) is 1.69. The van der Waals surface area contributed by atoms with Crippen molar-refractivity contribution >= 4 is 66.8 Å². The van der Waals surface area contributed by atoms with Crippen molar-refractivity contribution in [1.82, 2.24) is 0 Å². The van der Waals surface area contributed by atoms with E-state index in [9.17, 15) is 0 Å². The number of hydrogen-bond donors (Lipinski definition) is 0. The zero-order chi connectivity index (χ0) is 2.00. The fourth-order valence-corrected chi connectivity index (χ4v) is 0. The Morgan fingerprint density at radius 1 is 0.667 bits per heavy atom. The first kappa shape index (κ1) is 48.8. The molecule has 0 atom stereocenters. The largest absolute Gasteiger partial charge is 0.147 e. The Kier molecular flexibility index (Phi) is 653. The van der Waals surface area contributed by atoms with Crippen LogP contribution in [-0.4, -0.2) is 29.6 Å². The van der Waals surface area contributed by atoms with Crippen LogP contribution in [0, 0.1) is 0 Å². The minimum absolute atomic E-state index is 0. The summed E-state index contributed by atoms with van der Waals surface area (Å²) >= 11 is 0. The summed E-state index contributed by atoms with van der Waals surface area (Å²) in [6, 6.07) is 0. The molecule has 0 fully saturated rings. The van der Waals surface area contributed by atoms with Gasteiger partial charge in [-0.25, -0.2) is 0 Å². The normalized spacial score (nSPS) is 0.667. The fraction of sp³-hybridized carbons (Fsp3) is 0. The third-order valence-corrected chi connectivity index (χ3v) is 0. The summed E-state index contributed by atoms with van der Waals surface area (Å²) in [6.45, 7) is 6.00. The summed E-state index contributed by atoms with van der Waals surface area (Å²) in [7, 11) is 0. The van der Waals surface area contributed by atoms with Gasteiger partial charge < -0.3 is 0 Å². The molecule has 0 nitrogen and oxygen atoms in total. The summed E-state index contributed by atoms with van der Waals surface area (Å²) in [5.41, 5.74) is 0. The summed E-state index contributed by atoms with van der Waals surface area (Å²) in [6.07, 6.45) is 0. The maximum Gasteiger partial charge on any atom is 0 e. The molecule has 4 heteroatoms. The molecule has 0 rings (SSSR count). The summed E-state index contributed by atoms with van der Waals surface area (Å²) in [5.74, 6) is 0. The molecule has 0 saturated carbocycles. The first-order chi connectivity index (χ1) is 1.00. The minimum Gasteiger partial charge on any atom is -0.147 e. The van der Waals surface area contributed by atoms with Crippen LogP contribution in [0.15, 0.2) is 13.2 Å². The van der Waals surface area contributed by atoms with Crippen molar-refractivity contribution in [3.05, 3.63) is 13.2 Å². The molecular weight excluding hydrogens is 153 g/mol. The monoisotopic (exact) mass is 159 g/mol. The molecule has 0 bridgehead atoms.